The van der Waals surface area contributed by atoms with E-state index in [9.17, 15) is 5.11 Å². The molecular weight excluding hydrogens is 536 g/mol. The molecule has 0 aliphatic carbocycles. The van der Waals surface area contributed by atoms with Crippen molar-refractivity contribution in [2.24, 2.45) is 16.6 Å². The van der Waals surface area contributed by atoms with Crippen molar-refractivity contribution in [3.63, 3.8) is 0 Å². The van der Waals surface area contributed by atoms with Crippen molar-refractivity contribution in [2.75, 3.05) is 55.8 Å². The van der Waals surface area contributed by atoms with Gasteiger partial charge in [-0.25, -0.2) is 15.0 Å². The summed E-state index contributed by atoms with van der Waals surface area (Å²) in [6.45, 7) is 9.82. The van der Waals surface area contributed by atoms with Gasteiger partial charge < -0.3 is 30.1 Å². The molecule has 0 amide bonds. The maximum absolute atomic E-state index is 10.2. The maximum Gasteiger partial charge on any atom is 0.153 e. The molecular formula is C28H41ClN6O3S. The van der Waals surface area contributed by atoms with Crippen molar-refractivity contribution in [3.8, 4) is 0 Å². The molecule has 4 aliphatic heterocycles. The van der Waals surface area contributed by atoms with Gasteiger partial charge in [0.25, 0.3) is 0 Å². The lowest BCUT2D eigenvalue weighted by atomic mass is 9.73. The predicted octanol–water partition coefficient (Wildman–Crippen LogP) is 4.06. The van der Waals surface area contributed by atoms with E-state index in [0.717, 1.165) is 98.9 Å². The summed E-state index contributed by atoms with van der Waals surface area (Å²) in [5.74, 6) is 1.58. The highest BCUT2D eigenvalue weighted by Gasteiger charge is 2.48. The number of nitrogens with two attached hydrogens (primary N) is 1. The molecule has 39 heavy (non-hydrogen) atoms. The SMILES string of the molecule is C.Cc1nc(N2CCC3(CC2)CO[C@@H](C)[C@H]3N)c(CO)nc1Sc1ccnc(N2CC3(CCOCC3)C2)c1Cl. The van der Waals surface area contributed by atoms with E-state index >= 15 is 0 Å². The number of aromatic nitrogens is 3. The number of aliphatic hydroxyl groups excluding tert-OH is 1. The van der Waals surface area contributed by atoms with Gasteiger partial charge in [0.2, 0.25) is 0 Å². The standard InChI is InChI=1S/C27H37ClN6O3S.CH4/c1-17-25(38-20-3-8-30-24(21(20)28)34-14-26(15-34)6-11-36-12-7-26)32-19(13-35)23(31-17)33-9-4-27(5-10-33)16-37-18(2)22(27)29;/h3,8,18,22,35H,4-7,9-16,29H2,1-2H3;1H4/t18-,22+;/m0./s1. The summed E-state index contributed by atoms with van der Waals surface area (Å²) in [6, 6.07) is 1.98. The van der Waals surface area contributed by atoms with Crippen LogP contribution in [0, 0.1) is 17.8 Å². The van der Waals surface area contributed by atoms with Crippen LogP contribution in [0.2, 0.25) is 5.02 Å². The Morgan fingerprint density at radius 2 is 1.85 bits per heavy atom. The Hall–Kier alpha value is -1.69. The first-order chi connectivity index (χ1) is 18.3. The van der Waals surface area contributed by atoms with E-state index in [0.29, 0.717) is 16.1 Å². The van der Waals surface area contributed by atoms with Crippen molar-refractivity contribution in [1.82, 2.24) is 15.0 Å². The fourth-order valence-corrected chi connectivity index (χ4v) is 7.68. The minimum atomic E-state index is -0.174. The first kappa shape index (κ1) is 28.8. The van der Waals surface area contributed by atoms with Gasteiger partial charge in [-0.3, -0.25) is 0 Å². The van der Waals surface area contributed by atoms with Gasteiger partial charge in [-0.05, 0) is 45.6 Å². The molecule has 2 spiro atoms. The minimum absolute atomic E-state index is 0. The zero-order valence-electron chi connectivity index (χ0n) is 22.2. The monoisotopic (exact) mass is 576 g/mol. The average molecular weight is 577 g/mol. The molecule has 9 nitrogen and oxygen atoms in total. The van der Waals surface area contributed by atoms with Gasteiger partial charge in [-0.15, -0.1) is 0 Å². The largest absolute Gasteiger partial charge is 0.390 e. The van der Waals surface area contributed by atoms with Crippen molar-refractivity contribution < 1.29 is 14.6 Å². The van der Waals surface area contributed by atoms with Crippen LogP contribution in [0.25, 0.3) is 0 Å². The molecule has 3 N–H and O–H groups in total. The molecule has 4 saturated heterocycles. The molecule has 0 unspecified atom stereocenters. The molecule has 4 fully saturated rings. The second-order valence-electron chi connectivity index (χ2n) is 11.5. The van der Waals surface area contributed by atoms with Gasteiger partial charge in [0, 0.05) is 67.4 Å². The van der Waals surface area contributed by atoms with Gasteiger partial charge in [0.05, 0.1) is 30.0 Å². The molecule has 0 bridgehead atoms. The third kappa shape index (κ3) is 5.24. The molecule has 6 heterocycles. The summed E-state index contributed by atoms with van der Waals surface area (Å²) in [6.07, 6.45) is 5.99. The Kier molecular flexibility index (Phi) is 8.35. The highest BCUT2D eigenvalue weighted by atomic mass is 35.5. The number of pyridine rings is 1. The number of ether oxygens (including phenoxy) is 2. The lowest BCUT2D eigenvalue weighted by Crippen LogP contribution is -2.59. The van der Waals surface area contributed by atoms with Crippen molar-refractivity contribution in [1.29, 1.82) is 0 Å². The van der Waals surface area contributed by atoms with Gasteiger partial charge in [0.1, 0.15) is 16.5 Å². The molecule has 2 aromatic heterocycles. The van der Waals surface area contributed by atoms with Crippen LogP contribution in [0.1, 0.15) is 51.4 Å². The van der Waals surface area contributed by atoms with Crippen molar-refractivity contribution in [2.45, 2.75) is 75.6 Å². The summed E-state index contributed by atoms with van der Waals surface area (Å²) >= 11 is 8.36. The summed E-state index contributed by atoms with van der Waals surface area (Å²) in [5.41, 5.74) is 8.27. The summed E-state index contributed by atoms with van der Waals surface area (Å²) in [5, 5.41) is 11.6. The van der Waals surface area contributed by atoms with Gasteiger partial charge in [0.15, 0.2) is 5.82 Å². The van der Waals surface area contributed by atoms with Crippen LogP contribution < -0.4 is 15.5 Å². The molecule has 2 aromatic rings. The lowest BCUT2D eigenvalue weighted by Gasteiger charge is -2.52. The number of nitrogens with zero attached hydrogens (tertiary/aromatic N) is 5. The van der Waals surface area contributed by atoms with Gasteiger partial charge in [-0.2, -0.15) is 0 Å². The smallest absolute Gasteiger partial charge is 0.153 e. The average Bonchev–Trinajstić information content (AvgIpc) is 3.18. The van der Waals surface area contributed by atoms with E-state index < -0.39 is 0 Å². The van der Waals surface area contributed by atoms with E-state index in [1.807, 2.05) is 19.2 Å². The molecule has 0 aromatic carbocycles. The Bertz CT molecular complexity index is 1180. The van der Waals surface area contributed by atoms with Crippen molar-refractivity contribution >= 4 is 35.0 Å². The Morgan fingerprint density at radius 1 is 1.13 bits per heavy atom. The molecule has 6 rings (SSSR count). The molecule has 11 heteroatoms. The maximum atomic E-state index is 10.2. The third-order valence-corrected chi connectivity index (χ3v) is 10.7. The van der Waals surface area contributed by atoms with Crippen molar-refractivity contribution in [3.05, 3.63) is 28.7 Å². The van der Waals surface area contributed by atoms with Crippen LogP contribution in [0.3, 0.4) is 0 Å². The Morgan fingerprint density at radius 3 is 2.49 bits per heavy atom. The van der Waals surface area contributed by atoms with E-state index in [4.69, 9.17) is 36.8 Å². The second-order valence-corrected chi connectivity index (χ2v) is 12.9. The van der Waals surface area contributed by atoms with E-state index in [-0.39, 0.29) is 31.6 Å². The van der Waals surface area contributed by atoms with E-state index in [2.05, 4.69) is 21.7 Å². The zero-order chi connectivity index (χ0) is 26.5. The minimum Gasteiger partial charge on any atom is -0.390 e. The lowest BCUT2D eigenvalue weighted by molar-refractivity contribution is -0.000458. The number of halogens is 1. The summed E-state index contributed by atoms with van der Waals surface area (Å²) in [4.78, 5) is 19.8. The van der Waals surface area contributed by atoms with Crippen LogP contribution in [0.5, 0.6) is 0 Å². The predicted molar refractivity (Wildman–Crippen MR) is 155 cm³/mol. The number of aryl methyl sites for hydroxylation is 1. The third-order valence-electron chi connectivity index (χ3n) is 9.08. The van der Waals surface area contributed by atoms with Crippen LogP contribution in [-0.2, 0) is 16.1 Å². The fraction of sp³-hybridized carbons (Fsp3) is 0.679. The van der Waals surface area contributed by atoms with E-state index in [1.54, 1.807) is 0 Å². The molecule has 214 valence electrons. The topological polar surface area (TPSA) is 110 Å². The van der Waals surface area contributed by atoms with Crippen LogP contribution in [0.4, 0.5) is 11.6 Å². The molecule has 0 radical (unpaired) electrons. The van der Waals surface area contributed by atoms with Gasteiger partial charge in [-0.1, -0.05) is 30.8 Å². The second kappa shape index (κ2) is 11.3. The Labute approximate surface area is 240 Å². The first-order valence-corrected chi connectivity index (χ1v) is 14.8. The number of hydrogen-bond donors (Lipinski definition) is 2. The normalized spacial score (nSPS) is 25.6. The summed E-state index contributed by atoms with van der Waals surface area (Å²) < 4.78 is 11.4. The van der Waals surface area contributed by atoms with Crippen LogP contribution >= 0.6 is 23.4 Å². The molecule has 2 atom stereocenters. The Balaban J connectivity index is 0.00000308. The fourth-order valence-electron chi connectivity index (χ4n) is 6.47. The van der Waals surface area contributed by atoms with Gasteiger partial charge >= 0.3 is 0 Å². The number of anilines is 2. The summed E-state index contributed by atoms with van der Waals surface area (Å²) in [7, 11) is 0. The number of rotatable bonds is 5. The first-order valence-electron chi connectivity index (χ1n) is 13.6. The van der Waals surface area contributed by atoms with E-state index in [1.165, 1.54) is 11.8 Å². The zero-order valence-corrected chi connectivity index (χ0v) is 23.7. The highest BCUT2D eigenvalue weighted by molar-refractivity contribution is 7.99. The quantitative estimate of drug-likeness (QED) is 0.540. The number of aliphatic hydroxyl groups is 1. The number of hydrogen-bond acceptors (Lipinski definition) is 10. The molecule has 0 saturated carbocycles. The number of piperidine rings is 1. The highest BCUT2D eigenvalue weighted by Crippen LogP contribution is 2.46. The van der Waals surface area contributed by atoms with Crippen LogP contribution in [-0.4, -0.2) is 78.2 Å². The molecule has 4 aliphatic rings. The van der Waals surface area contributed by atoms with Crippen LogP contribution in [0.15, 0.2) is 22.2 Å².